The van der Waals surface area contributed by atoms with Gasteiger partial charge in [-0.15, -0.1) is 11.3 Å². The van der Waals surface area contributed by atoms with Crippen molar-refractivity contribution in [2.45, 2.75) is 38.2 Å². The van der Waals surface area contributed by atoms with Crippen LogP contribution in [-0.2, 0) is 4.79 Å². The summed E-state index contributed by atoms with van der Waals surface area (Å²) in [4.78, 5) is 19.8. The summed E-state index contributed by atoms with van der Waals surface area (Å²) in [5, 5.41) is 1.83. The molecule has 0 radical (unpaired) electrons. The third kappa shape index (κ3) is 4.01. The Balaban J connectivity index is 1.39. The van der Waals surface area contributed by atoms with Gasteiger partial charge < -0.3 is 9.64 Å². The summed E-state index contributed by atoms with van der Waals surface area (Å²) in [6.45, 7) is 5.10. The third-order valence-corrected chi connectivity index (χ3v) is 6.59. The van der Waals surface area contributed by atoms with E-state index >= 15 is 0 Å². The number of nitrogens with zero attached hydrogens (tertiary/aromatic N) is 2. The molecule has 0 saturated carbocycles. The standard InChI is InChI=1S/C22H23ClN2O2S/c1-22(2,27-17-9-7-16(23)8-10-17)21(26)25-13-11-15(12-14-25)20-24-18-5-3-4-6-19(18)28-20/h3-10,15H,11-14H2,1-2H3. The predicted octanol–water partition coefficient (Wildman–Crippen LogP) is 5.51. The molecule has 2 aromatic carbocycles. The number of carbonyl (C=O) groups is 1. The van der Waals surface area contributed by atoms with Crippen LogP contribution in [0.5, 0.6) is 5.75 Å². The first-order chi connectivity index (χ1) is 13.4. The normalized spacial score (nSPS) is 15.8. The Morgan fingerprint density at radius 1 is 1.14 bits per heavy atom. The monoisotopic (exact) mass is 414 g/mol. The van der Waals surface area contributed by atoms with Crippen molar-refractivity contribution in [1.29, 1.82) is 0 Å². The first-order valence-electron chi connectivity index (χ1n) is 9.52. The number of para-hydroxylation sites is 1. The van der Waals surface area contributed by atoms with Gasteiger partial charge in [0.1, 0.15) is 5.75 Å². The fraction of sp³-hybridized carbons (Fsp3) is 0.364. The predicted molar refractivity (Wildman–Crippen MR) is 114 cm³/mol. The Kier molecular flexibility index (Phi) is 5.30. The highest BCUT2D eigenvalue weighted by atomic mass is 35.5. The first kappa shape index (κ1) is 19.2. The number of ether oxygens (including phenoxy) is 1. The van der Waals surface area contributed by atoms with Gasteiger partial charge in [-0.2, -0.15) is 0 Å². The van der Waals surface area contributed by atoms with Crippen LogP contribution >= 0.6 is 22.9 Å². The molecule has 1 aliphatic heterocycles. The number of fused-ring (bicyclic) bond motifs is 1. The molecule has 0 spiro atoms. The van der Waals surface area contributed by atoms with Crippen LogP contribution in [0.15, 0.2) is 48.5 Å². The SMILES string of the molecule is CC(C)(Oc1ccc(Cl)cc1)C(=O)N1CCC(c2nc3ccccc3s2)CC1. The van der Waals surface area contributed by atoms with Crippen LogP contribution in [0.3, 0.4) is 0 Å². The molecule has 4 rings (SSSR count). The minimum atomic E-state index is -0.920. The second-order valence-electron chi connectivity index (χ2n) is 7.65. The molecule has 6 heteroatoms. The third-order valence-electron chi connectivity index (χ3n) is 5.14. The Hall–Kier alpha value is -2.11. The van der Waals surface area contributed by atoms with Gasteiger partial charge in [-0.05, 0) is 63.1 Å². The number of piperidine rings is 1. The average molecular weight is 415 g/mol. The van der Waals surface area contributed by atoms with Gasteiger partial charge in [-0.1, -0.05) is 23.7 Å². The molecule has 146 valence electrons. The van der Waals surface area contributed by atoms with Crippen molar-refractivity contribution in [3.8, 4) is 5.75 Å². The van der Waals surface area contributed by atoms with E-state index in [2.05, 4.69) is 12.1 Å². The fourth-order valence-electron chi connectivity index (χ4n) is 3.62. The van der Waals surface area contributed by atoms with E-state index in [4.69, 9.17) is 21.3 Å². The van der Waals surface area contributed by atoms with Crippen molar-refractivity contribution >= 4 is 39.1 Å². The number of rotatable bonds is 4. The van der Waals surface area contributed by atoms with Crippen LogP contribution in [0, 0.1) is 0 Å². The molecule has 0 unspecified atom stereocenters. The maximum atomic E-state index is 13.0. The number of likely N-dealkylation sites (tertiary alicyclic amines) is 1. The van der Waals surface area contributed by atoms with Crippen molar-refractivity contribution in [3.05, 3.63) is 58.6 Å². The van der Waals surface area contributed by atoms with Gasteiger partial charge in [0.05, 0.1) is 15.2 Å². The highest BCUT2D eigenvalue weighted by Crippen LogP contribution is 2.34. The second-order valence-corrected chi connectivity index (χ2v) is 9.15. The molecule has 2 heterocycles. The minimum Gasteiger partial charge on any atom is -0.478 e. The van der Waals surface area contributed by atoms with Crippen LogP contribution in [-0.4, -0.2) is 34.5 Å². The van der Waals surface area contributed by atoms with Gasteiger partial charge in [0.15, 0.2) is 5.60 Å². The lowest BCUT2D eigenvalue weighted by atomic mass is 9.96. The van der Waals surface area contributed by atoms with E-state index in [0.29, 0.717) is 16.7 Å². The van der Waals surface area contributed by atoms with E-state index in [9.17, 15) is 4.79 Å². The molecular weight excluding hydrogens is 392 g/mol. The van der Waals surface area contributed by atoms with Crippen LogP contribution in [0.25, 0.3) is 10.2 Å². The maximum absolute atomic E-state index is 13.0. The minimum absolute atomic E-state index is 0.0187. The second kappa shape index (κ2) is 7.72. The van der Waals surface area contributed by atoms with E-state index in [1.807, 2.05) is 30.9 Å². The molecule has 1 fully saturated rings. The Morgan fingerprint density at radius 3 is 2.50 bits per heavy atom. The lowest BCUT2D eigenvalue weighted by Gasteiger charge is -2.36. The lowest BCUT2D eigenvalue weighted by molar-refractivity contribution is -0.146. The summed E-state index contributed by atoms with van der Waals surface area (Å²) in [5.41, 5.74) is 0.148. The average Bonchev–Trinajstić information content (AvgIpc) is 3.13. The van der Waals surface area contributed by atoms with E-state index in [-0.39, 0.29) is 5.91 Å². The van der Waals surface area contributed by atoms with Crippen molar-refractivity contribution in [2.24, 2.45) is 0 Å². The number of aromatic nitrogens is 1. The molecule has 1 saturated heterocycles. The van der Waals surface area contributed by atoms with Gasteiger partial charge in [0, 0.05) is 24.0 Å². The number of carbonyl (C=O) groups excluding carboxylic acids is 1. The molecule has 4 nitrogen and oxygen atoms in total. The Bertz CT molecular complexity index is 943. The topological polar surface area (TPSA) is 42.4 Å². The van der Waals surface area contributed by atoms with Crippen molar-refractivity contribution in [3.63, 3.8) is 0 Å². The van der Waals surface area contributed by atoms with Gasteiger partial charge in [0.25, 0.3) is 5.91 Å². The van der Waals surface area contributed by atoms with Crippen molar-refractivity contribution in [2.75, 3.05) is 13.1 Å². The van der Waals surface area contributed by atoms with Crippen LogP contribution in [0.2, 0.25) is 5.02 Å². The molecule has 0 N–H and O–H groups in total. The zero-order valence-corrected chi connectivity index (χ0v) is 17.6. The Morgan fingerprint density at radius 2 is 1.82 bits per heavy atom. The molecule has 1 aromatic heterocycles. The van der Waals surface area contributed by atoms with Crippen LogP contribution in [0.1, 0.15) is 37.6 Å². The number of halogens is 1. The summed E-state index contributed by atoms with van der Waals surface area (Å²) in [6, 6.07) is 15.4. The zero-order valence-electron chi connectivity index (χ0n) is 16.0. The number of benzene rings is 2. The fourth-order valence-corrected chi connectivity index (χ4v) is 4.88. The summed E-state index contributed by atoms with van der Waals surface area (Å²) in [7, 11) is 0. The molecule has 1 amide bonds. The first-order valence-corrected chi connectivity index (χ1v) is 10.7. The highest BCUT2D eigenvalue weighted by molar-refractivity contribution is 7.18. The van der Waals surface area contributed by atoms with E-state index in [1.54, 1.807) is 35.6 Å². The largest absolute Gasteiger partial charge is 0.478 e. The molecule has 0 atom stereocenters. The summed E-state index contributed by atoms with van der Waals surface area (Å²) < 4.78 is 7.19. The van der Waals surface area contributed by atoms with Crippen molar-refractivity contribution < 1.29 is 9.53 Å². The lowest BCUT2D eigenvalue weighted by Crippen LogP contribution is -2.51. The molecular formula is C22H23ClN2O2S. The smallest absolute Gasteiger partial charge is 0.266 e. The van der Waals surface area contributed by atoms with Gasteiger partial charge in [-0.3, -0.25) is 4.79 Å². The van der Waals surface area contributed by atoms with Gasteiger partial charge in [0.2, 0.25) is 0 Å². The van der Waals surface area contributed by atoms with E-state index in [0.717, 1.165) is 31.4 Å². The highest BCUT2D eigenvalue weighted by Gasteiger charge is 2.36. The van der Waals surface area contributed by atoms with Gasteiger partial charge in [-0.25, -0.2) is 4.98 Å². The molecule has 3 aromatic rings. The number of thiazole rings is 1. The molecule has 0 aliphatic carbocycles. The van der Waals surface area contributed by atoms with Gasteiger partial charge >= 0.3 is 0 Å². The van der Waals surface area contributed by atoms with E-state index < -0.39 is 5.60 Å². The quantitative estimate of drug-likeness (QED) is 0.565. The van der Waals surface area contributed by atoms with Crippen LogP contribution < -0.4 is 4.74 Å². The molecule has 0 bridgehead atoms. The zero-order chi connectivity index (χ0) is 19.7. The molecule has 1 aliphatic rings. The number of amides is 1. The summed E-state index contributed by atoms with van der Waals surface area (Å²) >= 11 is 7.69. The number of hydrogen-bond donors (Lipinski definition) is 0. The number of hydrogen-bond acceptors (Lipinski definition) is 4. The maximum Gasteiger partial charge on any atom is 0.266 e. The summed E-state index contributed by atoms with van der Waals surface area (Å²) in [6.07, 6.45) is 1.87. The molecule has 28 heavy (non-hydrogen) atoms. The van der Waals surface area contributed by atoms with Crippen molar-refractivity contribution in [1.82, 2.24) is 9.88 Å². The Labute approximate surface area is 174 Å². The summed E-state index contributed by atoms with van der Waals surface area (Å²) in [5.74, 6) is 1.08. The van der Waals surface area contributed by atoms with E-state index in [1.165, 1.54) is 9.71 Å². The van der Waals surface area contributed by atoms with Crippen LogP contribution in [0.4, 0.5) is 0 Å².